The van der Waals surface area contributed by atoms with Crippen molar-refractivity contribution in [3.63, 3.8) is 0 Å². The Morgan fingerprint density at radius 3 is 2.73 bits per heavy atom. The summed E-state index contributed by atoms with van der Waals surface area (Å²) in [6.45, 7) is 0.270. The fourth-order valence-electron chi connectivity index (χ4n) is 2.52. The Hall–Kier alpha value is -3.68. The lowest BCUT2D eigenvalue weighted by Crippen LogP contribution is -2.24. The van der Waals surface area contributed by atoms with Gasteiger partial charge >= 0.3 is 11.7 Å². The van der Waals surface area contributed by atoms with Gasteiger partial charge in [0.2, 0.25) is 0 Å². The van der Waals surface area contributed by atoms with E-state index in [1.54, 1.807) is 24.5 Å². The van der Waals surface area contributed by atoms with Crippen LogP contribution in [0, 0.1) is 0 Å². The molecule has 0 atom stereocenters. The molecule has 8 heteroatoms. The highest BCUT2D eigenvalue weighted by atomic mass is 16.5. The molecule has 0 fully saturated rings. The number of imidazole rings is 1. The van der Waals surface area contributed by atoms with Crippen LogP contribution >= 0.6 is 0 Å². The van der Waals surface area contributed by atoms with E-state index < -0.39 is 0 Å². The number of fused-ring (bicyclic) bond motifs is 1. The molecule has 0 unspecified atom stereocenters. The molecule has 130 valence electrons. The number of methoxy groups -OCH3 is 1. The maximum absolute atomic E-state index is 12.8. The molecule has 1 aromatic carbocycles. The molecule has 3 aromatic heterocycles. The summed E-state index contributed by atoms with van der Waals surface area (Å²) in [6, 6.07) is 13.0. The van der Waals surface area contributed by atoms with Crippen molar-refractivity contribution in [1.82, 2.24) is 23.9 Å². The van der Waals surface area contributed by atoms with Crippen LogP contribution in [0.2, 0.25) is 0 Å². The zero-order valence-corrected chi connectivity index (χ0v) is 13.9. The van der Waals surface area contributed by atoms with Crippen molar-refractivity contribution in [1.29, 1.82) is 0 Å². The van der Waals surface area contributed by atoms with Gasteiger partial charge in [-0.05, 0) is 18.2 Å². The SMILES string of the molecule is COc1nccc(-n2ccc3nc(COc4ccccc4)cn3c2=O)n1. The zero-order valence-electron chi connectivity index (χ0n) is 13.9. The summed E-state index contributed by atoms with van der Waals surface area (Å²) in [4.78, 5) is 25.3. The summed E-state index contributed by atoms with van der Waals surface area (Å²) in [5.74, 6) is 1.16. The monoisotopic (exact) mass is 349 g/mol. The van der Waals surface area contributed by atoms with Gasteiger partial charge in [-0.3, -0.25) is 8.97 Å². The van der Waals surface area contributed by atoms with Crippen molar-refractivity contribution in [2.45, 2.75) is 6.61 Å². The third-order valence-corrected chi connectivity index (χ3v) is 3.75. The first-order valence-electron chi connectivity index (χ1n) is 7.89. The smallest absolute Gasteiger partial charge is 0.339 e. The van der Waals surface area contributed by atoms with Gasteiger partial charge < -0.3 is 9.47 Å². The Bertz CT molecular complexity index is 1100. The van der Waals surface area contributed by atoms with Gasteiger partial charge in [0.15, 0.2) is 0 Å². The molecule has 0 aliphatic heterocycles. The van der Waals surface area contributed by atoms with Crippen LogP contribution in [0.15, 0.2) is 65.8 Å². The van der Waals surface area contributed by atoms with Crippen LogP contribution in [-0.2, 0) is 6.61 Å². The number of benzene rings is 1. The van der Waals surface area contributed by atoms with Crippen molar-refractivity contribution < 1.29 is 9.47 Å². The number of aromatic nitrogens is 5. The Balaban J connectivity index is 1.66. The van der Waals surface area contributed by atoms with E-state index in [4.69, 9.17) is 9.47 Å². The number of ether oxygens (including phenoxy) is 2. The van der Waals surface area contributed by atoms with Crippen molar-refractivity contribution in [3.8, 4) is 17.6 Å². The molecule has 4 rings (SSSR count). The first kappa shape index (κ1) is 15.8. The normalized spacial score (nSPS) is 10.8. The summed E-state index contributed by atoms with van der Waals surface area (Å²) in [5.41, 5.74) is 0.907. The van der Waals surface area contributed by atoms with Crippen LogP contribution in [0.3, 0.4) is 0 Å². The van der Waals surface area contributed by atoms with Gasteiger partial charge in [0.05, 0.1) is 12.8 Å². The van der Waals surface area contributed by atoms with E-state index in [0.717, 1.165) is 5.75 Å². The van der Waals surface area contributed by atoms with Crippen LogP contribution in [0.5, 0.6) is 11.8 Å². The molecule has 0 bridgehead atoms. The van der Waals surface area contributed by atoms with Gasteiger partial charge in [0.1, 0.15) is 23.8 Å². The van der Waals surface area contributed by atoms with Crippen molar-refractivity contribution in [3.05, 3.63) is 77.2 Å². The lowest BCUT2D eigenvalue weighted by atomic mass is 10.3. The number of hydrogen-bond acceptors (Lipinski definition) is 6. The van der Waals surface area contributed by atoms with E-state index in [1.807, 2.05) is 30.3 Å². The molecular formula is C18H15N5O3. The van der Waals surface area contributed by atoms with Gasteiger partial charge in [0.25, 0.3) is 0 Å². The van der Waals surface area contributed by atoms with E-state index in [2.05, 4.69) is 15.0 Å². The maximum Gasteiger partial charge on any atom is 0.339 e. The van der Waals surface area contributed by atoms with Gasteiger partial charge in [-0.25, -0.2) is 14.8 Å². The minimum atomic E-state index is -0.290. The van der Waals surface area contributed by atoms with Gasteiger partial charge in [-0.15, -0.1) is 0 Å². The molecule has 0 amide bonds. The standard InChI is InChI=1S/C18H15N5O3/c1-25-17-19-9-7-15(21-17)22-10-8-16-20-13(11-23(16)18(22)24)12-26-14-5-3-2-4-6-14/h2-11H,12H2,1H3. The van der Waals surface area contributed by atoms with Crippen LogP contribution in [0.4, 0.5) is 0 Å². The van der Waals surface area contributed by atoms with Gasteiger partial charge in [0, 0.05) is 24.7 Å². The van der Waals surface area contributed by atoms with Gasteiger partial charge in [-0.1, -0.05) is 18.2 Å². The second kappa shape index (κ2) is 6.67. The highest BCUT2D eigenvalue weighted by molar-refractivity contribution is 5.39. The molecular weight excluding hydrogens is 334 g/mol. The molecule has 0 spiro atoms. The predicted molar refractivity (Wildman–Crippen MR) is 93.7 cm³/mol. The predicted octanol–water partition coefficient (Wildman–Crippen LogP) is 1.86. The molecule has 3 heterocycles. The molecule has 0 N–H and O–H groups in total. The summed E-state index contributed by atoms with van der Waals surface area (Å²) >= 11 is 0. The molecule has 0 aliphatic carbocycles. The topological polar surface area (TPSA) is 83.5 Å². The molecule has 0 saturated heterocycles. The number of hydrogen-bond donors (Lipinski definition) is 0. The van der Waals surface area contributed by atoms with Crippen molar-refractivity contribution >= 4 is 5.65 Å². The average Bonchev–Trinajstić information content (AvgIpc) is 3.12. The molecule has 0 radical (unpaired) electrons. The molecule has 0 saturated carbocycles. The lowest BCUT2D eigenvalue weighted by Gasteiger charge is -2.05. The van der Waals surface area contributed by atoms with E-state index in [0.29, 0.717) is 17.2 Å². The van der Waals surface area contributed by atoms with Gasteiger partial charge in [-0.2, -0.15) is 4.98 Å². The fourth-order valence-corrected chi connectivity index (χ4v) is 2.52. The number of rotatable bonds is 5. The first-order valence-corrected chi connectivity index (χ1v) is 7.89. The minimum Gasteiger partial charge on any atom is -0.487 e. The van der Waals surface area contributed by atoms with Crippen LogP contribution in [0.1, 0.15) is 5.69 Å². The zero-order chi connectivity index (χ0) is 17.9. The number of nitrogens with zero attached hydrogens (tertiary/aromatic N) is 5. The quantitative estimate of drug-likeness (QED) is 0.547. The Morgan fingerprint density at radius 2 is 1.92 bits per heavy atom. The third kappa shape index (κ3) is 3.00. The summed E-state index contributed by atoms with van der Waals surface area (Å²) in [5, 5.41) is 0. The van der Waals surface area contributed by atoms with Crippen molar-refractivity contribution in [2.75, 3.05) is 7.11 Å². The average molecular weight is 349 g/mol. The van der Waals surface area contributed by atoms with Crippen LogP contribution < -0.4 is 15.2 Å². The van der Waals surface area contributed by atoms with E-state index >= 15 is 0 Å². The Labute approximate surface area is 148 Å². The van der Waals surface area contributed by atoms with Crippen LogP contribution in [0.25, 0.3) is 11.5 Å². The van der Waals surface area contributed by atoms with Crippen LogP contribution in [-0.4, -0.2) is 31.0 Å². The van der Waals surface area contributed by atoms with E-state index in [-0.39, 0.29) is 18.3 Å². The second-order valence-corrected chi connectivity index (χ2v) is 5.43. The Kier molecular flexibility index (Phi) is 4.06. The minimum absolute atomic E-state index is 0.192. The lowest BCUT2D eigenvalue weighted by molar-refractivity contribution is 0.302. The molecule has 0 aliphatic rings. The number of para-hydroxylation sites is 1. The summed E-state index contributed by atoms with van der Waals surface area (Å²) in [6.07, 6.45) is 4.81. The van der Waals surface area contributed by atoms with E-state index in [9.17, 15) is 4.79 Å². The second-order valence-electron chi connectivity index (χ2n) is 5.43. The molecule has 4 aromatic rings. The maximum atomic E-state index is 12.8. The fraction of sp³-hybridized carbons (Fsp3) is 0.111. The summed E-state index contributed by atoms with van der Waals surface area (Å²) in [7, 11) is 1.47. The first-order chi connectivity index (χ1) is 12.7. The summed E-state index contributed by atoms with van der Waals surface area (Å²) < 4.78 is 13.6. The van der Waals surface area contributed by atoms with E-state index in [1.165, 1.54) is 22.3 Å². The Morgan fingerprint density at radius 1 is 1.08 bits per heavy atom. The highest BCUT2D eigenvalue weighted by Crippen LogP contribution is 2.12. The third-order valence-electron chi connectivity index (χ3n) is 3.75. The molecule has 8 nitrogen and oxygen atoms in total. The molecule has 26 heavy (non-hydrogen) atoms. The highest BCUT2D eigenvalue weighted by Gasteiger charge is 2.10. The largest absolute Gasteiger partial charge is 0.487 e. The van der Waals surface area contributed by atoms with Crippen molar-refractivity contribution in [2.24, 2.45) is 0 Å².